The standard InChI is InChI=1S/C11H17NO2S/c1-7-5-8(2)11(9(3)6-7)10(4)15(12,13)14/h5-6,10H,1-4H3,(H2,12,13,14). The molecule has 0 bridgehead atoms. The van der Waals surface area contributed by atoms with Crippen LogP contribution in [-0.2, 0) is 10.0 Å². The summed E-state index contributed by atoms with van der Waals surface area (Å²) in [6, 6.07) is 3.95. The van der Waals surface area contributed by atoms with Gasteiger partial charge in [-0.3, -0.25) is 0 Å². The monoisotopic (exact) mass is 227 g/mol. The Morgan fingerprint density at radius 3 is 1.87 bits per heavy atom. The second kappa shape index (κ2) is 3.94. The maximum atomic E-state index is 11.3. The first-order valence-electron chi connectivity index (χ1n) is 4.83. The minimum Gasteiger partial charge on any atom is -0.228 e. The molecule has 1 rings (SSSR count). The van der Waals surface area contributed by atoms with Crippen LogP contribution < -0.4 is 5.14 Å². The Morgan fingerprint density at radius 2 is 1.53 bits per heavy atom. The molecule has 0 aliphatic heterocycles. The van der Waals surface area contributed by atoms with Gasteiger partial charge in [-0.2, -0.15) is 0 Å². The average Bonchev–Trinajstić information content (AvgIpc) is 1.99. The smallest absolute Gasteiger partial charge is 0.215 e. The lowest BCUT2D eigenvalue weighted by molar-refractivity contribution is 0.587. The first-order valence-corrected chi connectivity index (χ1v) is 6.43. The molecule has 3 nitrogen and oxygen atoms in total. The predicted octanol–water partition coefficient (Wildman–Crippen LogP) is 1.96. The van der Waals surface area contributed by atoms with E-state index in [1.807, 2.05) is 32.9 Å². The Balaban J connectivity index is 3.39. The van der Waals surface area contributed by atoms with Crippen molar-refractivity contribution < 1.29 is 8.42 Å². The number of aryl methyl sites for hydroxylation is 3. The molecule has 0 aliphatic rings. The molecule has 15 heavy (non-hydrogen) atoms. The molecular formula is C11H17NO2S. The molecule has 0 aliphatic carbocycles. The zero-order chi connectivity index (χ0) is 11.8. The number of nitrogens with two attached hydrogens (primary N) is 1. The average molecular weight is 227 g/mol. The molecule has 1 unspecified atom stereocenters. The lowest BCUT2D eigenvalue weighted by atomic mass is 9.98. The van der Waals surface area contributed by atoms with Crippen molar-refractivity contribution >= 4 is 10.0 Å². The second-order valence-electron chi connectivity index (χ2n) is 4.04. The van der Waals surface area contributed by atoms with Crippen molar-refractivity contribution in [2.45, 2.75) is 32.9 Å². The molecular weight excluding hydrogens is 210 g/mol. The minimum absolute atomic E-state index is 0.641. The summed E-state index contributed by atoms with van der Waals surface area (Å²) in [4.78, 5) is 0. The Morgan fingerprint density at radius 1 is 1.13 bits per heavy atom. The van der Waals surface area contributed by atoms with Crippen LogP contribution in [0, 0.1) is 20.8 Å². The van der Waals surface area contributed by atoms with Crippen LogP contribution in [-0.4, -0.2) is 8.42 Å². The molecule has 0 spiro atoms. The van der Waals surface area contributed by atoms with Crippen molar-refractivity contribution in [1.29, 1.82) is 0 Å². The topological polar surface area (TPSA) is 60.2 Å². The van der Waals surface area contributed by atoms with Crippen LogP contribution in [0.25, 0.3) is 0 Å². The highest BCUT2D eigenvalue weighted by Crippen LogP contribution is 2.27. The number of sulfonamides is 1. The van der Waals surface area contributed by atoms with Gasteiger partial charge in [0.1, 0.15) is 0 Å². The van der Waals surface area contributed by atoms with Crippen molar-refractivity contribution in [2.75, 3.05) is 0 Å². The van der Waals surface area contributed by atoms with E-state index in [4.69, 9.17) is 5.14 Å². The van der Waals surface area contributed by atoms with Crippen LogP contribution in [0.1, 0.15) is 34.4 Å². The third kappa shape index (κ3) is 2.58. The fourth-order valence-electron chi connectivity index (χ4n) is 2.00. The van der Waals surface area contributed by atoms with E-state index in [0.29, 0.717) is 0 Å². The van der Waals surface area contributed by atoms with Gasteiger partial charge in [-0.05, 0) is 44.4 Å². The molecule has 0 aromatic heterocycles. The highest BCUT2D eigenvalue weighted by molar-refractivity contribution is 7.89. The van der Waals surface area contributed by atoms with E-state index in [1.165, 1.54) is 0 Å². The molecule has 0 radical (unpaired) electrons. The molecule has 84 valence electrons. The normalized spacial score (nSPS) is 13.9. The molecule has 1 aromatic carbocycles. The van der Waals surface area contributed by atoms with E-state index in [-0.39, 0.29) is 0 Å². The fraction of sp³-hybridized carbons (Fsp3) is 0.455. The van der Waals surface area contributed by atoms with Crippen LogP contribution in [0.5, 0.6) is 0 Å². The van der Waals surface area contributed by atoms with E-state index >= 15 is 0 Å². The highest BCUT2D eigenvalue weighted by Gasteiger charge is 2.21. The Labute approximate surface area is 91.4 Å². The van der Waals surface area contributed by atoms with E-state index in [2.05, 4.69) is 0 Å². The molecule has 0 amide bonds. The number of hydrogen-bond donors (Lipinski definition) is 1. The van der Waals surface area contributed by atoms with Gasteiger partial charge in [-0.15, -0.1) is 0 Å². The molecule has 0 fully saturated rings. The Kier molecular flexibility index (Phi) is 3.21. The van der Waals surface area contributed by atoms with Gasteiger partial charge < -0.3 is 0 Å². The largest absolute Gasteiger partial charge is 0.228 e. The minimum atomic E-state index is -3.51. The number of primary sulfonamides is 1. The first kappa shape index (κ1) is 12.2. The van der Waals surface area contributed by atoms with Gasteiger partial charge in [0, 0.05) is 0 Å². The maximum Gasteiger partial charge on any atom is 0.215 e. The van der Waals surface area contributed by atoms with Gasteiger partial charge in [0.05, 0.1) is 5.25 Å². The lowest BCUT2D eigenvalue weighted by Crippen LogP contribution is -2.20. The third-order valence-corrected chi connectivity index (χ3v) is 3.86. The summed E-state index contributed by atoms with van der Waals surface area (Å²) in [7, 11) is -3.51. The molecule has 1 atom stereocenters. The van der Waals surface area contributed by atoms with Crippen molar-refractivity contribution in [3.05, 3.63) is 34.4 Å². The summed E-state index contributed by atoms with van der Waals surface area (Å²) >= 11 is 0. The number of rotatable bonds is 2. The van der Waals surface area contributed by atoms with Gasteiger partial charge in [0.2, 0.25) is 10.0 Å². The lowest BCUT2D eigenvalue weighted by Gasteiger charge is -2.16. The van der Waals surface area contributed by atoms with Crippen LogP contribution in [0.15, 0.2) is 12.1 Å². The number of hydrogen-bond acceptors (Lipinski definition) is 2. The number of benzene rings is 1. The first-order chi connectivity index (χ1) is 6.73. The summed E-state index contributed by atoms with van der Waals surface area (Å²) < 4.78 is 22.6. The highest BCUT2D eigenvalue weighted by atomic mass is 32.2. The Hall–Kier alpha value is -0.870. The summed E-state index contributed by atoms with van der Waals surface area (Å²) in [5.74, 6) is 0. The third-order valence-electron chi connectivity index (χ3n) is 2.64. The predicted molar refractivity (Wildman–Crippen MR) is 62.2 cm³/mol. The van der Waals surface area contributed by atoms with Crippen molar-refractivity contribution in [1.82, 2.24) is 0 Å². The quantitative estimate of drug-likeness (QED) is 0.839. The van der Waals surface area contributed by atoms with Crippen LogP contribution >= 0.6 is 0 Å². The van der Waals surface area contributed by atoms with Crippen LogP contribution in [0.2, 0.25) is 0 Å². The molecule has 2 N–H and O–H groups in total. The summed E-state index contributed by atoms with van der Waals surface area (Å²) in [6.07, 6.45) is 0. The van der Waals surface area contributed by atoms with Crippen molar-refractivity contribution in [3.8, 4) is 0 Å². The second-order valence-corrected chi connectivity index (χ2v) is 5.93. The summed E-state index contributed by atoms with van der Waals surface area (Å²) in [6.45, 7) is 7.44. The van der Waals surface area contributed by atoms with Crippen molar-refractivity contribution in [3.63, 3.8) is 0 Å². The van der Waals surface area contributed by atoms with Gasteiger partial charge in [-0.25, -0.2) is 13.6 Å². The molecule has 4 heteroatoms. The van der Waals surface area contributed by atoms with Gasteiger partial charge >= 0.3 is 0 Å². The van der Waals surface area contributed by atoms with Gasteiger partial charge in [0.15, 0.2) is 0 Å². The summed E-state index contributed by atoms with van der Waals surface area (Å²) in [5.41, 5.74) is 3.92. The summed E-state index contributed by atoms with van der Waals surface area (Å²) in [5, 5.41) is 4.52. The zero-order valence-corrected chi connectivity index (χ0v) is 10.4. The van der Waals surface area contributed by atoms with E-state index in [9.17, 15) is 8.42 Å². The van der Waals surface area contributed by atoms with E-state index in [1.54, 1.807) is 6.92 Å². The van der Waals surface area contributed by atoms with Crippen LogP contribution in [0.3, 0.4) is 0 Å². The SMILES string of the molecule is Cc1cc(C)c(C(C)S(N)(=O)=O)c(C)c1. The molecule has 0 saturated carbocycles. The van der Waals surface area contributed by atoms with Crippen LogP contribution in [0.4, 0.5) is 0 Å². The van der Waals surface area contributed by atoms with Gasteiger partial charge in [0.25, 0.3) is 0 Å². The van der Waals surface area contributed by atoms with Crippen molar-refractivity contribution in [2.24, 2.45) is 5.14 Å². The molecule has 0 heterocycles. The molecule has 1 aromatic rings. The zero-order valence-electron chi connectivity index (χ0n) is 9.53. The van der Waals surface area contributed by atoms with Gasteiger partial charge in [-0.1, -0.05) is 17.7 Å². The fourth-order valence-corrected chi connectivity index (χ4v) is 2.70. The molecule has 0 saturated heterocycles. The maximum absolute atomic E-state index is 11.3. The van der Waals surface area contributed by atoms with E-state index in [0.717, 1.165) is 22.3 Å². The van der Waals surface area contributed by atoms with E-state index < -0.39 is 15.3 Å². The Bertz CT molecular complexity index is 454.